The molecule has 1 saturated heterocycles. The number of benzene rings is 1. The highest BCUT2D eigenvalue weighted by molar-refractivity contribution is 7.10. The predicted molar refractivity (Wildman–Crippen MR) is 104 cm³/mol. The predicted octanol–water partition coefficient (Wildman–Crippen LogP) is 4.52. The number of halogens is 3. The third-order valence-electron chi connectivity index (χ3n) is 5.10. The van der Waals surface area contributed by atoms with Crippen molar-refractivity contribution in [2.75, 3.05) is 18.0 Å². The molecule has 156 valence electrons. The van der Waals surface area contributed by atoms with E-state index in [2.05, 4.69) is 5.32 Å². The number of nitro groups is 1. The van der Waals surface area contributed by atoms with Crippen molar-refractivity contribution in [3.05, 3.63) is 55.8 Å². The highest BCUT2D eigenvalue weighted by Gasteiger charge is 2.34. The first kappa shape index (κ1) is 21.1. The summed E-state index contributed by atoms with van der Waals surface area (Å²) < 4.78 is 38.6. The standard InChI is InChI=1S/C19H20F3N3O3S/c1-12-6-9-29-17(12)11-23-18(26)13-4-7-24(8-5-13)15-3-2-14(19(20,21)22)10-16(15)25(27)28/h2-3,6,9-10,13H,4-5,7-8,11H2,1H3,(H,23,26). The molecule has 2 heterocycles. The second-order valence-electron chi connectivity index (χ2n) is 6.96. The highest BCUT2D eigenvalue weighted by atomic mass is 32.1. The van der Waals surface area contributed by atoms with Crippen molar-refractivity contribution in [3.63, 3.8) is 0 Å². The number of amides is 1. The van der Waals surface area contributed by atoms with E-state index < -0.39 is 22.4 Å². The molecule has 1 aliphatic rings. The van der Waals surface area contributed by atoms with Gasteiger partial charge in [-0.15, -0.1) is 11.3 Å². The summed E-state index contributed by atoms with van der Waals surface area (Å²) in [4.78, 5) is 25.7. The first-order chi connectivity index (χ1) is 13.7. The first-order valence-corrected chi connectivity index (χ1v) is 9.96. The van der Waals surface area contributed by atoms with Gasteiger partial charge in [0.05, 0.1) is 17.0 Å². The zero-order valence-corrected chi connectivity index (χ0v) is 16.5. The second-order valence-corrected chi connectivity index (χ2v) is 7.96. The Morgan fingerprint density at radius 2 is 2.00 bits per heavy atom. The molecular weight excluding hydrogens is 407 g/mol. The van der Waals surface area contributed by atoms with Gasteiger partial charge in [0.25, 0.3) is 5.69 Å². The zero-order valence-electron chi connectivity index (χ0n) is 15.7. The number of carbonyl (C=O) groups is 1. The molecule has 1 aromatic heterocycles. The number of thiophene rings is 1. The van der Waals surface area contributed by atoms with Crippen LogP contribution in [0.1, 0.15) is 28.8 Å². The molecule has 1 aliphatic heterocycles. The molecule has 0 aliphatic carbocycles. The minimum Gasteiger partial charge on any atom is -0.366 e. The van der Waals surface area contributed by atoms with Gasteiger partial charge in [-0.25, -0.2) is 0 Å². The molecule has 29 heavy (non-hydrogen) atoms. The van der Waals surface area contributed by atoms with Gasteiger partial charge in [0.2, 0.25) is 5.91 Å². The quantitative estimate of drug-likeness (QED) is 0.563. The number of nitrogens with one attached hydrogen (secondary N) is 1. The molecular formula is C19H20F3N3O3S. The van der Waals surface area contributed by atoms with Crippen LogP contribution < -0.4 is 10.2 Å². The number of nitrogens with zero attached hydrogens (tertiary/aromatic N) is 2. The molecule has 1 amide bonds. The fraction of sp³-hybridized carbons (Fsp3) is 0.421. The normalized spacial score (nSPS) is 15.4. The van der Waals surface area contributed by atoms with Crippen LogP contribution in [0.5, 0.6) is 0 Å². The molecule has 0 saturated carbocycles. The van der Waals surface area contributed by atoms with Crippen LogP contribution in [0.4, 0.5) is 24.5 Å². The van der Waals surface area contributed by atoms with Gasteiger partial charge in [0, 0.05) is 30.0 Å². The Hall–Kier alpha value is -2.62. The van der Waals surface area contributed by atoms with E-state index in [1.807, 2.05) is 18.4 Å². The average Bonchev–Trinajstić information content (AvgIpc) is 3.10. The number of hydrogen-bond donors (Lipinski definition) is 1. The molecule has 1 N–H and O–H groups in total. The average molecular weight is 427 g/mol. The van der Waals surface area contributed by atoms with Crippen LogP contribution in [-0.4, -0.2) is 23.9 Å². The minimum absolute atomic E-state index is 0.0700. The van der Waals surface area contributed by atoms with E-state index in [4.69, 9.17) is 0 Å². The molecule has 1 fully saturated rings. The Labute approximate surface area is 169 Å². The van der Waals surface area contributed by atoms with Crippen LogP contribution in [0.2, 0.25) is 0 Å². The van der Waals surface area contributed by atoms with Crippen LogP contribution in [0, 0.1) is 23.0 Å². The Bertz CT molecular complexity index is 906. The van der Waals surface area contributed by atoms with Gasteiger partial charge in [-0.3, -0.25) is 14.9 Å². The molecule has 2 aromatic rings. The third-order valence-corrected chi connectivity index (χ3v) is 6.12. The number of aryl methyl sites for hydroxylation is 1. The van der Waals surface area contributed by atoms with Crippen molar-refractivity contribution >= 4 is 28.6 Å². The maximum Gasteiger partial charge on any atom is 0.416 e. The van der Waals surface area contributed by atoms with Crippen molar-refractivity contribution in [2.45, 2.75) is 32.5 Å². The van der Waals surface area contributed by atoms with Gasteiger partial charge >= 0.3 is 6.18 Å². The van der Waals surface area contributed by atoms with E-state index in [0.717, 1.165) is 22.6 Å². The van der Waals surface area contributed by atoms with Crippen molar-refractivity contribution in [1.29, 1.82) is 0 Å². The molecule has 10 heteroatoms. The van der Waals surface area contributed by atoms with Gasteiger partial charge in [0.15, 0.2) is 0 Å². The number of anilines is 1. The Morgan fingerprint density at radius 1 is 1.31 bits per heavy atom. The Balaban J connectivity index is 1.63. The van der Waals surface area contributed by atoms with Gasteiger partial charge < -0.3 is 10.2 Å². The fourth-order valence-electron chi connectivity index (χ4n) is 3.39. The van der Waals surface area contributed by atoms with E-state index in [1.54, 1.807) is 16.2 Å². The largest absolute Gasteiger partial charge is 0.416 e. The molecule has 0 bridgehead atoms. The Morgan fingerprint density at radius 3 is 2.55 bits per heavy atom. The summed E-state index contributed by atoms with van der Waals surface area (Å²) in [5.41, 5.74) is -0.349. The van der Waals surface area contributed by atoms with Gasteiger partial charge in [-0.05, 0) is 48.9 Å². The number of alkyl halides is 3. The summed E-state index contributed by atoms with van der Waals surface area (Å²) in [5.74, 6) is -0.292. The summed E-state index contributed by atoms with van der Waals surface area (Å²) in [6, 6.07) is 4.55. The lowest BCUT2D eigenvalue weighted by molar-refractivity contribution is -0.384. The SMILES string of the molecule is Cc1ccsc1CNC(=O)C1CCN(c2ccc(C(F)(F)F)cc2[N+](=O)[O-])CC1. The number of hydrogen-bond acceptors (Lipinski definition) is 5. The van der Waals surface area contributed by atoms with Gasteiger partial charge in [0.1, 0.15) is 5.69 Å². The summed E-state index contributed by atoms with van der Waals surface area (Å²) in [7, 11) is 0. The first-order valence-electron chi connectivity index (χ1n) is 9.08. The lowest BCUT2D eigenvalue weighted by Crippen LogP contribution is -2.40. The van der Waals surface area contributed by atoms with Crippen molar-refractivity contribution in [2.24, 2.45) is 5.92 Å². The van der Waals surface area contributed by atoms with Crippen molar-refractivity contribution < 1.29 is 22.9 Å². The van der Waals surface area contributed by atoms with Crippen molar-refractivity contribution in [1.82, 2.24) is 5.32 Å². The second kappa shape index (κ2) is 8.40. The van der Waals surface area contributed by atoms with E-state index in [-0.39, 0.29) is 17.5 Å². The van der Waals surface area contributed by atoms with Crippen molar-refractivity contribution in [3.8, 4) is 0 Å². The van der Waals surface area contributed by atoms with E-state index >= 15 is 0 Å². The summed E-state index contributed by atoms with van der Waals surface area (Å²) in [6.07, 6.45) is -3.68. The maximum absolute atomic E-state index is 12.9. The third kappa shape index (κ3) is 4.87. The van der Waals surface area contributed by atoms with E-state index in [1.165, 1.54) is 0 Å². The van der Waals surface area contributed by atoms with Crippen LogP contribution in [0.25, 0.3) is 0 Å². The smallest absolute Gasteiger partial charge is 0.366 e. The van der Waals surface area contributed by atoms with E-state index in [0.29, 0.717) is 38.5 Å². The highest BCUT2D eigenvalue weighted by Crippen LogP contribution is 2.37. The van der Waals surface area contributed by atoms with Crippen LogP contribution in [-0.2, 0) is 17.5 Å². The molecule has 3 rings (SSSR count). The lowest BCUT2D eigenvalue weighted by atomic mass is 9.95. The summed E-state index contributed by atoms with van der Waals surface area (Å²) >= 11 is 1.58. The maximum atomic E-state index is 12.9. The summed E-state index contributed by atoms with van der Waals surface area (Å²) in [6.45, 7) is 3.17. The number of rotatable bonds is 5. The van der Waals surface area contributed by atoms with E-state index in [9.17, 15) is 28.1 Å². The van der Waals surface area contributed by atoms with Crippen LogP contribution in [0.15, 0.2) is 29.6 Å². The molecule has 1 aromatic carbocycles. The minimum atomic E-state index is -4.64. The molecule has 0 spiro atoms. The topological polar surface area (TPSA) is 75.5 Å². The molecule has 0 unspecified atom stereocenters. The lowest BCUT2D eigenvalue weighted by Gasteiger charge is -2.32. The van der Waals surface area contributed by atoms with Crippen LogP contribution in [0.3, 0.4) is 0 Å². The molecule has 0 atom stereocenters. The Kier molecular flexibility index (Phi) is 6.11. The molecule has 0 radical (unpaired) electrons. The monoisotopic (exact) mass is 427 g/mol. The molecule has 6 nitrogen and oxygen atoms in total. The van der Waals surface area contributed by atoms with Gasteiger partial charge in [-0.1, -0.05) is 0 Å². The van der Waals surface area contributed by atoms with Gasteiger partial charge in [-0.2, -0.15) is 13.2 Å². The number of piperidine rings is 1. The summed E-state index contributed by atoms with van der Waals surface area (Å²) in [5, 5.41) is 16.2. The number of nitro benzene ring substituents is 1. The fourth-order valence-corrected chi connectivity index (χ4v) is 4.24. The number of carbonyl (C=O) groups excluding carboxylic acids is 1. The zero-order chi connectivity index (χ0) is 21.2. The van der Waals surface area contributed by atoms with Crippen LogP contribution >= 0.6 is 11.3 Å².